The van der Waals surface area contributed by atoms with Gasteiger partial charge in [-0.15, -0.1) is 0 Å². The van der Waals surface area contributed by atoms with Crippen molar-refractivity contribution in [3.8, 4) is 22.6 Å². The number of ether oxygens (including phenoxy) is 2. The molecule has 0 atom stereocenters. The molecule has 24 heavy (non-hydrogen) atoms. The van der Waals surface area contributed by atoms with Gasteiger partial charge in [-0.1, -0.05) is 12.1 Å². The highest BCUT2D eigenvalue weighted by Gasteiger charge is 2.45. The molecule has 129 valence electrons. The smallest absolute Gasteiger partial charge is 0.417 e. The predicted octanol–water partition coefficient (Wildman–Crippen LogP) is 5.21. The van der Waals surface area contributed by atoms with Gasteiger partial charge in [0.05, 0.1) is 25.3 Å². The van der Waals surface area contributed by atoms with Gasteiger partial charge in [0.15, 0.2) is 11.5 Å². The molecular weight excluding hydrogens is 338 g/mol. The Morgan fingerprint density at radius 1 is 0.833 bits per heavy atom. The van der Waals surface area contributed by atoms with Gasteiger partial charge in [0.2, 0.25) is 0 Å². The van der Waals surface area contributed by atoms with Crippen molar-refractivity contribution in [1.29, 1.82) is 0 Å². The molecular formula is C16H11F6O2. The number of benzene rings is 2. The Morgan fingerprint density at radius 3 is 2.00 bits per heavy atom. The molecule has 0 amide bonds. The summed E-state index contributed by atoms with van der Waals surface area (Å²) in [4.78, 5) is 0. The third-order valence-corrected chi connectivity index (χ3v) is 3.27. The van der Waals surface area contributed by atoms with Crippen LogP contribution in [0, 0.1) is 6.07 Å². The summed E-state index contributed by atoms with van der Waals surface area (Å²) in [6, 6.07) is 7.29. The topological polar surface area (TPSA) is 18.5 Å². The van der Waals surface area contributed by atoms with Gasteiger partial charge in [-0.2, -0.15) is 26.3 Å². The highest BCUT2D eigenvalue weighted by atomic mass is 19.4. The molecule has 0 aliphatic heterocycles. The van der Waals surface area contributed by atoms with Crippen LogP contribution in [0.4, 0.5) is 26.3 Å². The van der Waals surface area contributed by atoms with E-state index in [1.165, 1.54) is 26.4 Å². The molecule has 2 aromatic carbocycles. The Labute approximate surface area is 133 Å². The van der Waals surface area contributed by atoms with E-state index in [4.69, 9.17) is 9.47 Å². The number of rotatable bonds is 3. The zero-order valence-corrected chi connectivity index (χ0v) is 12.5. The van der Waals surface area contributed by atoms with E-state index in [1.54, 1.807) is 0 Å². The van der Waals surface area contributed by atoms with Gasteiger partial charge in [-0.3, -0.25) is 0 Å². The summed E-state index contributed by atoms with van der Waals surface area (Å²) in [5.41, 5.74) is -4.36. The zero-order valence-electron chi connectivity index (χ0n) is 12.5. The van der Waals surface area contributed by atoms with Crippen molar-refractivity contribution in [2.45, 2.75) is 12.4 Å². The van der Waals surface area contributed by atoms with Crippen LogP contribution >= 0.6 is 0 Å². The summed E-state index contributed by atoms with van der Waals surface area (Å²) < 4.78 is 89.2. The molecule has 2 nitrogen and oxygen atoms in total. The molecule has 0 aliphatic rings. The first kappa shape index (κ1) is 18.0. The SMILES string of the molecule is COc1[c]ccc(-c2cccc(C(F)(F)F)c2C(F)(F)F)c1OC. The van der Waals surface area contributed by atoms with Crippen molar-refractivity contribution in [3.05, 3.63) is 47.5 Å². The van der Waals surface area contributed by atoms with Gasteiger partial charge < -0.3 is 9.47 Å². The van der Waals surface area contributed by atoms with Crippen LogP contribution in [0.3, 0.4) is 0 Å². The van der Waals surface area contributed by atoms with Crippen molar-refractivity contribution in [2.24, 2.45) is 0 Å². The first-order valence-corrected chi connectivity index (χ1v) is 6.51. The fraction of sp³-hybridized carbons (Fsp3) is 0.250. The molecule has 0 saturated heterocycles. The van der Waals surface area contributed by atoms with Gasteiger partial charge in [-0.25, -0.2) is 0 Å². The average Bonchev–Trinajstić information content (AvgIpc) is 2.51. The molecule has 0 N–H and O–H groups in total. The van der Waals surface area contributed by atoms with Crippen molar-refractivity contribution < 1.29 is 35.8 Å². The Hall–Kier alpha value is -2.38. The third kappa shape index (κ3) is 3.27. The average molecular weight is 349 g/mol. The molecule has 0 aliphatic carbocycles. The summed E-state index contributed by atoms with van der Waals surface area (Å²) in [5, 5.41) is 0. The molecule has 2 rings (SSSR count). The molecule has 8 heteroatoms. The van der Waals surface area contributed by atoms with Crippen LogP contribution in [0.2, 0.25) is 0 Å². The van der Waals surface area contributed by atoms with Gasteiger partial charge in [0.25, 0.3) is 0 Å². The fourth-order valence-electron chi connectivity index (χ4n) is 2.35. The van der Waals surface area contributed by atoms with Crippen molar-refractivity contribution in [1.82, 2.24) is 0 Å². The molecule has 0 saturated carbocycles. The Balaban J connectivity index is 2.87. The number of halogens is 6. The fourth-order valence-corrected chi connectivity index (χ4v) is 2.35. The quantitative estimate of drug-likeness (QED) is 0.709. The maximum atomic E-state index is 13.4. The Bertz CT molecular complexity index is 734. The Morgan fingerprint density at radius 2 is 1.50 bits per heavy atom. The molecule has 1 radical (unpaired) electrons. The zero-order chi connectivity index (χ0) is 18.1. The van der Waals surface area contributed by atoms with Gasteiger partial charge >= 0.3 is 12.4 Å². The van der Waals surface area contributed by atoms with Crippen LogP contribution in [0.15, 0.2) is 30.3 Å². The largest absolute Gasteiger partial charge is 0.492 e. The minimum Gasteiger partial charge on any atom is -0.492 e. The summed E-state index contributed by atoms with van der Waals surface area (Å²) >= 11 is 0. The number of methoxy groups -OCH3 is 2. The minimum atomic E-state index is -5.21. The second-order valence-corrected chi connectivity index (χ2v) is 4.68. The number of hydrogen-bond acceptors (Lipinski definition) is 2. The first-order valence-electron chi connectivity index (χ1n) is 6.51. The third-order valence-electron chi connectivity index (χ3n) is 3.27. The molecule has 0 bridgehead atoms. The van der Waals surface area contributed by atoms with E-state index in [0.717, 1.165) is 12.1 Å². The van der Waals surface area contributed by atoms with Crippen molar-refractivity contribution >= 4 is 0 Å². The standard InChI is InChI=1S/C16H11F6O2/c1-23-12-8-4-6-10(14(12)24-2)9-5-3-7-11(15(17,18)19)13(9)16(20,21)22/h3-7H,1-2H3. The van der Waals surface area contributed by atoms with Crippen LogP contribution in [-0.4, -0.2) is 14.2 Å². The van der Waals surface area contributed by atoms with E-state index in [0.29, 0.717) is 6.07 Å². The van der Waals surface area contributed by atoms with Crippen LogP contribution in [0.1, 0.15) is 11.1 Å². The molecule has 2 aromatic rings. The molecule has 0 aromatic heterocycles. The molecule has 0 spiro atoms. The number of hydrogen-bond donors (Lipinski definition) is 0. The molecule has 0 unspecified atom stereocenters. The van der Waals surface area contributed by atoms with E-state index in [-0.39, 0.29) is 17.1 Å². The minimum absolute atomic E-state index is 0.0134. The van der Waals surface area contributed by atoms with Crippen LogP contribution < -0.4 is 9.47 Å². The van der Waals surface area contributed by atoms with Crippen LogP contribution in [0.5, 0.6) is 11.5 Å². The lowest BCUT2D eigenvalue weighted by Crippen LogP contribution is -2.18. The summed E-state index contributed by atoms with van der Waals surface area (Å²) in [7, 11) is 2.42. The Kier molecular flexibility index (Phi) is 4.68. The van der Waals surface area contributed by atoms with Gasteiger partial charge in [0, 0.05) is 11.6 Å². The first-order chi connectivity index (χ1) is 11.1. The van der Waals surface area contributed by atoms with Crippen molar-refractivity contribution in [3.63, 3.8) is 0 Å². The predicted molar refractivity (Wildman–Crippen MR) is 73.8 cm³/mol. The normalized spacial score (nSPS) is 12.2. The maximum Gasteiger partial charge on any atom is 0.417 e. The van der Waals surface area contributed by atoms with Gasteiger partial charge in [-0.05, 0) is 23.8 Å². The summed E-state index contributed by atoms with van der Waals surface area (Å²) in [6.07, 6.45) is -10.4. The van der Waals surface area contributed by atoms with Crippen LogP contribution in [0.25, 0.3) is 11.1 Å². The van der Waals surface area contributed by atoms with E-state index < -0.39 is 29.0 Å². The van der Waals surface area contributed by atoms with E-state index in [9.17, 15) is 26.3 Å². The number of alkyl halides is 6. The highest BCUT2D eigenvalue weighted by molar-refractivity contribution is 5.77. The lowest BCUT2D eigenvalue weighted by Gasteiger charge is -2.21. The molecule has 0 heterocycles. The second kappa shape index (κ2) is 6.26. The monoisotopic (exact) mass is 349 g/mol. The lowest BCUT2D eigenvalue weighted by molar-refractivity contribution is -0.161. The highest BCUT2D eigenvalue weighted by Crippen LogP contribution is 2.48. The van der Waals surface area contributed by atoms with Crippen molar-refractivity contribution in [2.75, 3.05) is 14.2 Å². The van der Waals surface area contributed by atoms with E-state index in [1.807, 2.05) is 0 Å². The maximum absolute atomic E-state index is 13.4. The molecule has 0 fully saturated rings. The van der Waals surface area contributed by atoms with Gasteiger partial charge in [0.1, 0.15) is 0 Å². The van der Waals surface area contributed by atoms with Crippen LogP contribution in [-0.2, 0) is 12.4 Å². The van der Waals surface area contributed by atoms with E-state index >= 15 is 0 Å². The summed E-state index contributed by atoms with van der Waals surface area (Å²) in [6.45, 7) is 0. The second-order valence-electron chi connectivity index (χ2n) is 4.68. The summed E-state index contributed by atoms with van der Waals surface area (Å²) in [5.74, 6) is -0.148. The lowest BCUT2D eigenvalue weighted by atomic mass is 9.93. The van der Waals surface area contributed by atoms with E-state index in [2.05, 4.69) is 6.07 Å².